The number of hydrogen-bond donors (Lipinski definition) is 1. The summed E-state index contributed by atoms with van der Waals surface area (Å²) in [5.74, 6) is 0.0653. The summed E-state index contributed by atoms with van der Waals surface area (Å²) in [7, 11) is -3.08. The van der Waals surface area contributed by atoms with Gasteiger partial charge in [0, 0.05) is 23.7 Å². The lowest BCUT2D eigenvalue weighted by Crippen LogP contribution is -2.45. The molecular formula is C21H25ClN2O3S. The summed E-state index contributed by atoms with van der Waals surface area (Å²) in [6, 6.07) is 16.8. The van der Waals surface area contributed by atoms with Crippen LogP contribution >= 0.6 is 11.6 Å². The predicted molar refractivity (Wildman–Crippen MR) is 112 cm³/mol. The zero-order valence-corrected chi connectivity index (χ0v) is 17.4. The van der Waals surface area contributed by atoms with Gasteiger partial charge in [0.2, 0.25) is 5.91 Å². The van der Waals surface area contributed by atoms with Crippen LogP contribution in [0.15, 0.2) is 54.6 Å². The van der Waals surface area contributed by atoms with Crippen LogP contribution in [0.25, 0.3) is 0 Å². The van der Waals surface area contributed by atoms with E-state index in [4.69, 9.17) is 11.6 Å². The maximum Gasteiger partial charge on any atom is 0.237 e. The van der Waals surface area contributed by atoms with Crippen LogP contribution in [0.2, 0.25) is 5.02 Å². The van der Waals surface area contributed by atoms with Crippen molar-refractivity contribution in [3.05, 3.63) is 70.7 Å². The zero-order chi connectivity index (χ0) is 20.1. The minimum absolute atomic E-state index is 0.0334. The number of halogens is 1. The summed E-state index contributed by atoms with van der Waals surface area (Å²) in [6.07, 6.45) is 0.487. The highest BCUT2D eigenvalue weighted by Crippen LogP contribution is 2.23. The number of sulfone groups is 1. The van der Waals surface area contributed by atoms with Gasteiger partial charge in [0.1, 0.15) is 0 Å². The van der Waals surface area contributed by atoms with Crippen molar-refractivity contribution in [2.45, 2.75) is 32.0 Å². The van der Waals surface area contributed by atoms with Crippen LogP contribution < -0.4 is 5.32 Å². The van der Waals surface area contributed by atoms with Crippen molar-refractivity contribution in [2.75, 3.05) is 18.1 Å². The lowest BCUT2D eigenvalue weighted by molar-refractivity contribution is -0.132. The van der Waals surface area contributed by atoms with Gasteiger partial charge >= 0.3 is 0 Å². The van der Waals surface area contributed by atoms with Gasteiger partial charge in [-0.15, -0.1) is 0 Å². The van der Waals surface area contributed by atoms with E-state index in [9.17, 15) is 13.2 Å². The molecule has 2 atom stereocenters. The second kappa shape index (κ2) is 9.07. The Bertz CT molecular complexity index is 918. The second-order valence-corrected chi connectivity index (χ2v) is 9.82. The van der Waals surface area contributed by atoms with Crippen LogP contribution in [0.4, 0.5) is 0 Å². The third-order valence-electron chi connectivity index (χ3n) is 5.10. The Balaban J connectivity index is 1.70. The van der Waals surface area contributed by atoms with Crippen LogP contribution in [0.5, 0.6) is 0 Å². The molecule has 7 heteroatoms. The van der Waals surface area contributed by atoms with Crippen molar-refractivity contribution in [3.63, 3.8) is 0 Å². The van der Waals surface area contributed by atoms with Gasteiger partial charge in [-0.2, -0.15) is 0 Å². The third kappa shape index (κ3) is 5.34. The summed E-state index contributed by atoms with van der Waals surface area (Å²) in [6.45, 7) is 2.48. The van der Waals surface area contributed by atoms with Gasteiger partial charge in [0.05, 0.1) is 18.1 Å². The minimum atomic E-state index is -3.08. The fraction of sp³-hybridized carbons (Fsp3) is 0.381. The van der Waals surface area contributed by atoms with E-state index in [1.54, 1.807) is 4.90 Å². The fourth-order valence-corrected chi connectivity index (χ4v) is 5.53. The molecule has 1 fully saturated rings. The Morgan fingerprint density at radius 2 is 1.86 bits per heavy atom. The summed E-state index contributed by atoms with van der Waals surface area (Å²) < 4.78 is 23.9. The standard InChI is InChI=1S/C21H25ClN2O3S/c1-16(19-9-5-6-10-20(19)22)23-13-21(25)24(14-17-7-3-2-4-8-17)18-11-12-28(26,27)15-18/h2-10,16,18,23H,11-15H2,1H3/t16-,18+/m1/s1. The molecule has 0 aromatic heterocycles. The maximum atomic E-state index is 13.0. The number of rotatable bonds is 7. The molecule has 1 saturated heterocycles. The zero-order valence-electron chi connectivity index (χ0n) is 15.8. The lowest BCUT2D eigenvalue weighted by Gasteiger charge is -2.29. The SMILES string of the molecule is C[C@@H](NCC(=O)N(Cc1ccccc1)[C@H]1CCS(=O)(=O)C1)c1ccccc1Cl. The Labute approximate surface area is 171 Å². The lowest BCUT2D eigenvalue weighted by atomic mass is 10.1. The quantitative estimate of drug-likeness (QED) is 0.746. The average molecular weight is 421 g/mol. The molecule has 3 rings (SSSR count). The first-order valence-electron chi connectivity index (χ1n) is 9.37. The number of carbonyl (C=O) groups excluding carboxylic acids is 1. The number of nitrogens with one attached hydrogen (secondary N) is 1. The molecule has 5 nitrogen and oxygen atoms in total. The van der Waals surface area contributed by atoms with Crippen LogP contribution in [-0.2, 0) is 21.2 Å². The Hall–Kier alpha value is -1.89. The Morgan fingerprint density at radius 3 is 2.50 bits per heavy atom. The van der Waals surface area contributed by atoms with Crippen molar-refractivity contribution >= 4 is 27.3 Å². The molecule has 2 aromatic rings. The highest BCUT2D eigenvalue weighted by molar-refractivity contribution is 7.91. The number of nitrogens with zero attached hydrogens (tertiary/aromatic N) is 1. The van der Waals surface area contributed by atoms with Crippen molar-refractivity contribution in [3.8, 4) is 0 Å². The van der Waals surface area contributed by atoms with E-state index in [1.807, 2.05) is 61.5 Å². The van der Waals surface area contributed by atoms with Crippen LogP contribution in [0, 0.1) is 0 Å². The third-order valence-corrected chi connectivity index (χ3v) is 7.19. The molecular weight excluding hydrogens is 396 g/mol. The molecule has 1 aliphatic heterocycles. The molecule has 1 amide bonds. The first-order chi connectivity index (χ1) is 13.4. The Morgan fingerprint density at radius 1 is 1.18 bits per heavy atom. The van der Waals surface area contributed by atoms with Crippen molar-refractivity contribution in [1.82, 2.24) is 10.2 Å². The number of benzene rings is 2. The highest BCUT2D eigenvalue weighted by Gasteiger charge is 2.34. The van der Waals surface area contributed by atoms with Gasteiger partial charge in [0.15, 0.2) is 9.84 Å². The number of hydrogen-bond acceptors (Lipinski definition) is 4. The van der Waals surface area contributed by atoms with E-state index in [-0.39, 0.29) is 36.0 Å². The molecule has 0 saturated carbocycles. The van der Waals surface area contributed by atoms with Crippen LogP contribution in [-0.4, -0.2) is 43.3 Å². The second-order valence-electron chi connectivity index (χ2n) is 7.19. The van der Waals surface area contributed by atoms with Crippen molar-refractivity contribution in [1.29, 1.82) is 0 Å². The number of carbonyl (C=O) groups is 1. The van der Waals surface area contributed by atoms with Gasteiger partial charge < -0.3 is 10.2 Å². The molecule has 2 aromatic carbocycles. The molecule has 0 spiro atoms. The van der Waals surface area contributed by atoms with E-state index in [0.717, 1.165) is 11.1 Å². The molecule has 0 aliphatic carbocycles. The molecule has 0 unspecified atom stereocenters. The first kappa shape index (κ1) is 20.8. The van der Waals surface area contributed by atoms with Gasteiger partial charge in [0.25, 0.3) is 0 Å². The highest BCUT2D eigenvalue weighted by atomic mass is 35.5. The molecule has 28 heavy (non-hydrogen) atoms. The number of amides is 1. The molecule has 0 radical (unpaired) electrons. The monoisotopic (exact) mass is 420 g/mol. The van der Waals surface area contributed by atoms with Crippen molar-refractivity contribution in [2.24, 2.45) is 0 Å². The van der Waals surface area contributed by atoms with E-state index in [1.165, 1.54) is 0 Å². The summed E-state index contributed by atoms with van der Waals surface area (Å²) in [5, 5.41) is 3.88. The summed E-state index contributed by atoms with van der Waals surface area (Å²) in [5.41, 5.74) is 1.91. The maximum absolute atomic E-state index is 13.0. The molecule has 1 heterocycles. The summed E-state index contributed by atoms with van der Waals surface area (Å²) >= 11 is 6.24. The molecule has 0 bridgehead atoms. The van der Waals surface area contributed by atoms with Gasteiger partial charge in [-0.3, -0.25) is 4.79 Å². The van der Waals surface area contributed by atoms with Gasteiger partial charge in [-0.1, -0.05) is 60.1 Å². The largest absolute Gasteiger partial charge is 0.333 e. The van der Waals surface area contributed by atoms with E-state index in [2.05, 4.69) is 5.32 Å². The predicted octanol–water partition coefficient (Wildman–Crippen LogP) is 3.21. The van der Waals surface area contributed by atoms with Gasteiger partial charge in [-0.05, 0) is 30.5 Å². The molecule has 150 valence electrons. The fourth-order valence-electron chi connectivity index (χ4n) is 3.50. The minimum Gasteiger partial charge on any atom is -0.333 e. The average Bonchev–Trinajstić information content (AvgIpc) is 3.04. The molecule has 1 aliphatic rings. The van der Waals surface area contributed by atoms with E-state index >= 15 is 0 Å². The molecule has 1 N–H and O–H groups in total. The van der Waals surface area contributed by atoms with Crippen molar-refractivity contribution < 1.29 is 13.2 Å². The van der Waals surface area contributed by atoms with Crippen LogP contribution in [0.3, 0.4) is 0 Å². The summed E-state index contributed by atoms with van der Waals surface area (Å²) in [4.78, 5) is 14.7. The van der Waals surface area contributed by atoms with E-state index < -0.39 is 9.84 Å². The first-order valence-corrected chi connectivity index (χ1v) is 11.6. The van der Waals surface area contributed by atoms with E-state index in [0.29, 0.717) is 18.0 Å². The van der Waals surface area contributed by atoms with Crippen LogP contribution in [0.1, 0.15) is 30.5 Å². The topological polar surface area (TPSA) is 66.5 Å². The van der Waals surface area contributed by atoms with Gasteiger partial charge in [-0.25, -0.2) is 8.42 Å². The smallest absolute Gasteiger partial charge is 0.237 e. The Kier molecular flexibility index (Phi) is 6.75. The normalized spacial score (nSPS) is 19.3.